The van der Waals surface area contributed by atoms with Crippen molar-refractivity contribution < 1.29 is 0 Å². The van der Waals surface area contributed by atoms with E-state index in [0.717, 1.165) is 11.3 Å². The molecule has 0 aliphatic heterocycles. The van der Waals surface area contributed by atoms with E-state index in [9.17, 15) is 0 Å². The lowest BCUT2D eigenvalue weighted by Gasteiger charge is -1.95. The van der Waals surface area contributed by atoms with Crippen LogP contribution in [-0.4, -0.2) is 20.4 Å². The minimum atomic E-state index is 0.861. The smallest absolute Gasteiger partial charge is 0.0734 e. The van der Waals surface area contributed by atoms with Crippen LogP contribution < -0.4 is 0 Å². The molecular weight excluding hydrogens is 152 g/mol. The fourth-order valence-corrected chi connectivity index (χ4v) is 0.905. The van der Waals surface area contributed by atoms with Crippen LogP contribution in [0.4, 0.5) is 0 Å². The maximum Gasteiger partial charge on any atom is 0.0734 e. The highest BCUT2D eigenvalue weighted by atomic mass is 15.3. The number of nitrogens with zero attached hydrogens (tertiary/aromatic N) is 4. The van der Waals surface area contributed by atoms with Crippen molar-refractivity contribution in [3.05, 3.63) is 36.8 Å². The maximum atomic E-state index is 4.14. The van der Waals surface area contributed by atoms with E-state index in [2.05, 4.69) is 20.4 Å². The van der Waals surface area contributed by atoms with Crippen LogP contribution in [0.2, 0.25) is 0 Å². The monoisotopic (exact) mass is 158 g/mol. The first-order valence-corrected chi connectivity index (χ1v) is 3.51. The second-order valence-electron chi connectivity index (χ2n) is 2.25. The second kappa shape index (κ2) is 3.04. The Hall–Kier alpha value is -1.84. The summed E-state index contributed by atoms with van der Waals surface area (Å²) < 4.78 is 0. The summed E-state index contributed by atoms with van der Waals surface area (Å²) >= 11 is 0. The molecule has 2 rings (SSSR count). The van der Waals surface area contributed by atoms with Gasteiger partial charge in [-0.25, -0.2) is 0 Å². The normalized spacial score (nSPS) is 9.67. The van der Waals surface area contributed by atoms with Gasteiger partial charge in [0, 0.05) is 11.8 Å². The molecule has 2 aromatic rings. The third-order valence-corrected chi connectivity index (χ3v) is 1.46. The lowest BCUT2D eigenvalue weighted by Crippen LogP contribution is -1.88. The molecule has 0 aliphatic rings. The van der Waals surface area contributed by atoms with Crippen molar-refractivity contribution in [2.45, 2.75) is 0 Å². The molecule has 2 heterocycles. The van der Waals surface area contributed by atoms with Gasteiger partial charge in [-0.15, -0.1) is 10.2 Å². The first-order valence-electron chi connectivity index (χ1n) is 3.51. The van der Waals surface area contributed by atoms with E-state index in [1.54, 1.807) is 18.6 Å². The van der Waals surface area contributed by atoms with Crippen molar-refractivity contribution in [2.75, 3.05) is 0 Å². The topological polar surface area (TPSA) is 51.6 Å². The van der Waals surface area contributed by atoms with Crippen molar-refractivity contribution in [3.8, 4) is 11.3 Å². The van der Waals surface area contributed by atoms with Gasteiger partial charge >= 0.3 is 0 Å². The zero-order valence-electron chi connectivity index (χ0n) is 6.25. The van der Waals surface area contributed by atoms with Crippen molar-refractivity contribution in [3.63, 3.8) is 0 Å². The zero-order chi connectivity index (χ0) is 8.23. The van der Waals surface area contributed by atoms with Crippen molar-refractivity contribution in [1.29, 1.82) is 0 Å². The van der Waals surface area contributed by atoms with Gasteiger partial charge < -0.3 is 0 Å². The quantitative estimate of drug-likeness (QED) is 0.619. The van der Waals surface area contributed by atoms with Gasteiger partial charge in [0.1, 0.15) is 0 Å². The number of rotatable bonds is 1. The first-order chi connectivity index (χ1) is 5.97. The molecule has 12 heavy (non-hydrogen) atoms. The van der Waals surface area contributed by atoms with Gasteiger partial charge in [0.2, 0.25) is 0 Å². The summed E-state index contributed by atoms with van der Waals surface area (Å²) in [6.07, 6.45) is 5.00. The third kappa shape index (κ3) is 1.27. The average Bonchev–Trinajstić information content (AvgIpc) is 2.21. The van der Waals surface area contributed by atoms with Crippen molar-refractivity contribution >= 4 is 0 Å². The van der Waals surface area contributed by atoms with Gasteiger partial charge in [0.05, 0.1) is 18.1 Å². The van der Waals surface area contributed by atoms with Crippen LogP contribution in [0.1, 0.15) is 0 Å². The third-order valence-electron chi connectivity index (χ3n) is 1.46. The van der Waals surface area contributed by atoms with Crippen LogP contribution >= 0.6 is 0 Å². The number of aromatic nitrogens is 4. The standard InChI is InChI=1S/C8H6N4/c1-2-4-9-8(3-1)7-5-10-12-11-6-7/h1-6H. The molecule has 0 saturated heterocycles. The summed E-state index contributed by atoms with van der Waals surface area (Å²) in [5.41, 5.74) is 1.74. The maximum absolute atomic E-state index is 4.14. The molecule has 2 aromatic heterocycles. The van der Waals surface area contributed by atoms with Gasteiger partial charge in [0.15, 0.2) is 0 Å². The van der Waals surface area contributed by atoms with Crippen molar-refractivity contribution in [2.24, 2.45) is 0 Å². The Kier molecular flexibility index (Phi) is 1.74. The Balaban J connectivity index is 2.46. The molecule has 58 valence electrons. The van der Waals surface area contributed by atoms with E-state index in [-0.39, 0.29) is 0 Å². The van der Waals surface area contributed by atoms with Crippen molar-refractivity contribution in [1.82, 2.24) is 20.4 Å². The van der Waals surface area contributed by atoms with Gasteiger partial charge in [-0.2, -0.15) is 0 Å². The molecule has 0 saturated carbocycles. The van der Waals surface area contributed by atoms with E-state index in [0.29, 0.717) is 0 Å². The fraction of sp³-hybridized carbons (Fsp3) is 0. The Morgan fingerprint density at radius 2 is 1.83 bits per heavy atom. The van der Waals surface area contributed by atoms with E-state index >= 15 is 0 Å². The summed E-state index contributed by atoms with van der Waals surface area (Å²) in [4.78, 5) is 4.14. The van der Waals surface area contributed by atoms with Gasteiger partial charge in [0.25, 0.3) is 0 Å². The molecule has 0 unspecified atom stereocenters. The second-order valence-corrected chi connectivity index (χ2v) is 2.25. The highest BCUT2D eigenvalue weighted by Gasteiger charge is 1.96. The molecule has 0 atom stereocenters. The number of pyridine rings is 1. The number of hydrogen-bond donors (Lipinski definition) is 0. The van der Waals surface area contributed by atoms with Crippen LogP contribution in [-0.2, 0) is 0 Å². The highest BCUT2D eigenvalue weighted by Crippen LogP contribution is 2.11. The van der Waals surface area contributed by atoms with E-state index in [1.165, 1.54) is 0 Å². The van der Waals surface area contributed by atoms with Crippen LogP contribution in [0.15, 0.2) is 36.8 Å². The molecule has 4 nitrogen and oxygen atoms in total. The molecule has 0 aromatic carbocycles. The van der Waals surface area contributed by atoms with E-state index < -0.39 is 0 Å². The molecule has 0 amide bonds. The van der Waals surface area contributed by atoms with Crippen LogP contribution in [0.5, 0.6) is 0 Å². The molecule has 0 radical (unpaired) electrons. The molecule has 0 N–H and O–H groups in total. The molecule has 0 fully saturated rings. The van der Waals surface area contributed by atoms with E-state index in [1.807, 2.05) is 18.2 Å². The Bertz CT molecular complexity index is 308. The molecule has 0 spiro atoms. The minimum absolute atomic E-state index is 0.861. The minimum Gasteiger partial charge on any atom is -0.256 e. The van der Waals surface area contributed by atoms with Gasteiger partial charge in [-0.3, -0.25) is 4.98 Å². The summed E-state index contributed by atoms with van der Waals surface area (Å²) in [5, 5.41) is 10.8. The van der Waals surface area contributed by atoms with Crippen LogP contribution in [0, 0.1) is 0 Å². The Labute approximate surface area is 69.3 Å². The largest absolute Gasteiger partial charge is 0.256 e. The lowest BCUT2D eigenvalue weighted by atomic mass is 10.2. The van der Waals surface area contributed by atoms with Crippen LogP contribution in [0.25, 0.3) is 11.3 Å². The number of hydrogen-bond acceptors (Lipinski definition) is 4. The molecular formula is C8H6N4. The summed E-state index contributed by atoms with van der Waals surface area (Å²) in [5.74, 6) is 0. The van der Waals surface area contributed by atoms with Crippen LogP contribution in [0.3, 0.4) is 0 Å². The average molecular weight is 158 g/mol. The highest BCUT2D eigenvalue weighted by molar-refractivity contribution is 5.55. The Morgan fingerprint density at radius 1 is 1.00 bits per heavy atom. The predicted octanol–water partition coefficient (Wildman–Crippen LogP) is 0.934. The molecule has 0 bridgehead atoms. The predicted molar refractivity (Wildman–Crippen MR) is 43.1 cm³/mol. The van der Waals surface area contributed by atoms with Gasteiger partial charge in [-0.1, -0.05) is 6.07 Å². The first kappa shape index (κ1) is 6.84. The fourth-order valence-electron chi connectivity index (χ4n) is 0.905. The SMILES string of the molecule is c1ccc(-c2cnnnc2)nc1. The van der Waals surface area contributed by atoms with E-state index in [4.69, 9.17) is 0 Å². The Morgan fingerprint density at radius 3 is 2.50 bits per heavy atom. The lowest BCUT2D eigenvalue weighted by molar-refractivity contribution is 0.866. The summed E-state index contributed by atoms with van der Waals surface area (Å²) in [6, 6.07) is 5.69. The summed E-state index contributed by atoms with van der Waals surface area (Å²) in [7, 11) is 0. The summed E-state index contributed by atoms with van der Waals surface area (Å²) in [6.45, 7) is 0. The molecule has 0 aliphatic carbocycles. The molecule has 4 heteroatoms. The van der Waals surface area contributed by atoms with Gasteiger partial charge in [-0.05, 0) is 17.3 Å². The zero-order valence-corrected chi connectivity index (χ0v) is 6.25.